The number of thioether (sulfide) groups is 1. The maximum absolute atomic E-state index is 12.9. The molecule has 0 spiro atoms. The van der Waals surface area contributed by atoms with Crippen molar-refractivity contribution in [1.29, 1.82) is 0 Å². The first-order valence-electron chi connectivity index (χ1n) is 8.03. The number of rotatable bonds is 4. The van der Waals surface area contributed by atoms with Gasteiger partial charge < -0.3 is 0 Å². The smallest absolute Gasteiger partial charge is 0.227 e. The summed E-state index contributed by atoms with van der Waals surface area (Å²) in [7, 11) is 0. The van der Waals surface area contributed by atoms with Crippen LogP contribution in [0.15, 0.2) is 59.9 Å². The molecule has 0 atom stereocenters. The minimum atomic E-state index is -4.37. The molecule has 0 N–H and O–H groups in total. The molecule has 4 rings (SSSR count). The summed E-state index contributed by atoms with van der Waals surface area (Å²) in [6, 6.07) is 12.3. The number of benzene rings is 2. The maximum Gasteiger partial charge on any atom is 0.416 e. The van der Waals surface area contributed by atoms with Crippen LogP contribution in [0.5, 0.6) is 0 Å². The van der Waals surface area contributed by atoms with E-state index in [-0.39, 0.29) is 0 Å². The molecule has 2 heterocycles. The van der Waals surface area contributed by atoms with Crippen molar-refractivity contribution in [3.05, 3.63) is 71.0 Å². The van der Waals surface area contributed by atoms with Gasteiger partial charge in [-0.05, 0) is 29.8 Å². The molecule has 0 unspecified atom stereocenters. The van der Waals surface area contributed by atoms with Crippen LogP contribution in [0.1, 0.15) is 11.1 Å². The fraction of sp³-hybridized carbons (Fsp3) is 0.111. The van der Waals surface area contributed by atoms with E-state index < -0.39 is 11.7 Å². The van der Waals surface area contributed by atoms with Gasteiger partial charge in [0.05, 0.1) is 11.3 Å². The summed E-state index contributed by atoms with van der Waals surface area (Å²) in [4.78, 5) is 8.44. The van der Waals surface area contributed by atoms with Gasteiger partial charge in [-0.2, -0.15) is 17.9 Å². The molecule has 0 saturated carbocycles. The minimum absolute atomic E-state index is 0.306. The predicted molar refractivity (Wildman–Crippen MR) is 100 cm³/mol. The standard InChI is InChI=1S/C18H11ClF3N5S/c19-13-5-2-6-14(8-13)27-16-15(25-26-27)17(24-10-23-16)28-9-11-3-1-4-12(7-11)18(20,21)22/h1-8,10H,9H2. The van der Waals surface area contributed by atoms with Gasteiger partial charge in [0.25, 0.3) is 0 Å². The molecule has 5 nitrogen and oxygen atoms in total. The van der Waals surface area contributed by atoms with Gasteiger partial charge in [0.1, 0.15) is 11.4 Å². The molecule has 10 heteroatoms. The van der Waals surface area contributed by atoms with Gasteiger partial charge in [0, 0.05) is 10.8 Å². The molecule has 28 heavy (non-hydrogen) atoms. The van der Waals surface area contributed by atoms with E-state index in [9.17, 15) is 13.2 Å². The predicted octanol–water partition coefficient (Wildman–Crippen LogP) is 5.18. The quantitative estimate of drug-likeness (QED) is 0.336. The molecule has 0 amide bonds. The van der Waals surface area contributed by atoms with Crippen molar-refractivity contribution in [2.24, 2.45) is 0 Å². The number of alkyl halides is 3. The Morgan fingerprint density at radius 1 is 1.04 bits per heavy atom. The number of hydrogen-bond acceptors (Lipinski definition) is 5. The van der Waals surface area contributed by atoms with Crippen LogP contribution in [0.3, 0.4) is 0 Å². The Balaban J connectivity index is 1.62. The molecule has 0 aliphatic carbocycles. The molecule has 2 aromatic carbocycles. The zero-order valence-electron chi connectivity index (χ0n) is 14.1. The van der Waals surface area contributed by atoms with Gasteiger partial charge in [-0.15, -0.1) is 5.10 Å². The fourth-order valence-corrected chi connectivity index (χ4v) is 3.66. The number of aromatic nitrogens is 5. The first kappa shape index (κ1) is 18.7. The third-order valence-electron chi connectivity index (χ3n) is 3.89. The van der Waals surface area contributed by atoms with Gasteiger partial charge >= 0.3 is 6.18 Å². The van der Waals surface area contributed by atoms with Gasteiger partial charge in [-0.1, -0.05) is 52.8 Å². The molecule has 0 saturated heterocycles. The second kappa shape index (κ2) is 7.40. The van der Waals surface area contributed by atoms with Crippen molar-refractivity contribution in [1.82, 2.24) is 25.0 Å². The van der Waals surface area contributed by atoms with Crippen LogP contribution in [0.25, 0.3) is 16.9 Å². The lowest BCUT2D eigenvalue weighted by atomic mass is 10.1. The molecule has 0 bridgehead atoms. The number of fused-ring (bicyclic) bond motifs is 1. The van der Waals surface area contributed by atoms with E-state index in [4.69, 9.17) is 11.6 Å². The molecule has 4 aromatic rings. The van der Waals surface area contributed by atoms with Crippen LogP contribution in [0.2, 0.25) is 5.02 Å². The Hall–Kier alpha value is -2.65. The molecule has 0 aliphatic heterocycles. The summed E-state index contributed by atoms with van der Waals surface area (Å²) < 4.78 is 40.2. The number of nitrogens with zero attached hydrogens (tertiary/aromatic N) is 5. The molecule has 0 fully saturated rings. The van der Waals surface area contributed by atoms with Gasteiger partial charge in [-0.25, -0.2) is 9.97 Å². The zero-order valence-corrected chi connectivity index (χ0v) is 15.6. The van der Waals surface area contributed by atoms with Crippen LogP contribution in [-0.4, -0.2) is 25.0 Å². The van der Waals surface area contributed by atoms with Crippen LogP contribution in [0, 0.1) is 0 Å². The summed E-state index contributed by atoms with van der Waals surface area (Å²) in [5, 5.41) is 9.34. The first-order valence-corrected chi connectivity index (χ1v) is 9.39. The fourth-order valence-electron chi connectivity index (χ4n) is 2.60. The molecular weight excluding hydrogens is 411 g/mol. The highest BCUT2D eigenvalue weighted by atomic mass is 35.5. The molecule has 0 aliphatic rings. The maximum atomic E-state index is 12.9. The molecule has 0 radical (unpaired) electrons. The summed E-state index contributed by atoms with van der Waals surface area (Å²) in [5.41, 5.74) is 1.52. The van der Waals surface area contributed by atoms with Crippen molar-refractivity contribution in [3.63, 3.8) is 0 Å². The largest absolute Gasteiger partial charge is 0.416 e. The van der Waals surface area contributed by atoms with E-state index >= 15 is 0 Å². The lowest BCUT2D eigenvalue weighted by Gasteiger charge is -2.08. The van der Waals surface area contributed by atoms with Gasteiger partial charge in [0.15, 0.2) is 11.2 Å². The van der Waals surface area contributed by atoms with Crippen molar-refractivity contribution in [3.8, 4) is 5.69 Å². The highest BCUT2D eigenvalue weighted by Crippen LogP contribution is 2.32. The van der Waals surface area contributed by atoms with E-state index in [0.717, 1.165) is 12.1 Å². The Bertz CT molecular complexity index is 1150. The topological polar surface area (TPSA) is 56.5 Å². The van der Waals surface area contributed by atoms with Crippen molar-refractivity contribution < 1.29 is 13.2 Å². The molecule has 142 valence electrons. The third-order valence-corrected chi connectivity index (χ3v) is 5.17. The van der Waals surface area contributed by atoms with E-state index in [1.54, 1.807) is 24.3 Å². The highest BCUT2D eigenvalue weighted by molar-refractivity contribution is 7.98. The lowest BCUT2D eigenvalue weighted by Crippen LogP contribution is -2.04. The zero-order chi connectivity index (χ0) is 19.7. The minimum Gasteiger partial charge on any atom is -0.227 e. The van der Waals surface area contributed by atoms with E-state index in [1.807, 2.05) is 6.07 Å². The first-order chi connectivity index (χ1) is 13.4. The summed E-state index contributed by atoms with van der Waals surface area (Å²) >= 11 is 7.30. The van der Waals surface area contributed by atoms with E-state index in [1.165, 1.54) is 28.8 Å². The van der Waals surface area contributed by atoms with Crippen LogP contribution >= 0.6 is 23.4 Å². The Labute approximate surface area is 166 Å². The van der Waals surface area contributed by atoms with Crippen LogP contribution in [-0.2, 0) is 11.9 Å². The second-order valence-electron chi connectivity index (χ2n) is 5.82. The number of hydrogen-bond donors (Lipinski definition) is 0. The van der Waals surface area contributed by atoms with E-state index in [0.29, 0.717) is 38.2 Å². The third kappa shape index (κ3) is 3.81. The average molecular weight is 422 g/mol. The highest BCUT2D eigenvalue weighted by Gasteiger charge is 2.30. The van der Waals surface area contributed by atoms with Gasteiger partial charge in [-0.3, -0.25) is 0 Å². The van der Waals surface area contributed by atoms with Crippen molar-refractivity contribution in [2.75, 3.05) is 0 Å². The van der Waals surface area contributed by atoms with Crippen molar-refractivity contribution in [2.45, 2.75) is 17.0 Å². The monoisotopic (exact) mass is 421 g/mol. The van der Waals surface area contributed by atoms with Crippen LogP contribution < -0.4 is 0 Å². The molecular formula is C18H11ClF3N5S. The second-order valence-corrected chi connectivity index (χ2v) is 7.22. The lowest BCUT2D eigenvalue weighted by molar-refractivity contribution is -0.137. The SMILES string of the molecule is FC(F)(F)c1cccc(CSc2ncnc3c2nnn3-c2cccc(Cl)c2)c1. The average Bonchev–Trinajstić information content (AvgIpc) is 3.11. The normalized spacial score (nSPS) is 11.9. The van der Waals surface area contributed by atoms with E-state index in [2.05, 4.69) is 20.3 Å². The Morgan fingerprint density at radius 3 is 2.64 bits per heavy atom. The Morgan fingerprint density at radius 2 is 1.86 bits per heavy atom. The molecule has 2 aromatic heterocycles. The van der Waals surface area contributed by atoms with Crippen LogP contribution in [0.4, 0.5) is 13.2 Å². The Kier molecular flexibility index (Phi) is 4.94. The summed E-state index contributed by atoms with van der Waals surface area (Å²) in [6.07, 6.45) is -3.00. The van der Waals surface area contributed by atoms with Gasteiger partial charge in [0.2, 0.25) is 0 Å². The number of halogens is 4. The van der Waals surface area contributed by atoms with Crippen molar-refractivity contribution >= 4 is 34.5 Å². The summed E-state index contributed by atoms with van der Waals surface area (Å²) in [5.74, 6) is 0.306. The summed E-state index contributed by atoms with van der Waals surface area (Å²) in [6.45, 7) is 0.